The van der Waals surface area contributed by atoms with Crippen LogP contribution in [0.4, 0.5) is 14.5 Å². The Hall–Kier alpha value is -1.28. The van der Waals surface area contributed by atoms with Gasteiger partial charge in [0.25, 0.3) is 0 Å². The lowest BCUT2D eigenvalue weighted by atomic mass is 10.2. The summed E-state index contributed by atoms with van der Waals surface area (Å²) in [6.45, 7) is 2.62. The van der Waals surface area contributed by atoms with Crippen molar-refractivity contribution in [3.8, 4) is 0 Å². The number of anilines is 1. The molecule has 1 atom stereocenters. The second kappa shape index (κ2) is 5.15. The molecule has 3 N–H and O–H groups in total. The highest BCUT2D eigenvalue weighted by Crippen LogP contribution is 2.23. The van der Waals surface area contributed by atoms with Gasteiger partial charge in [0.05, 0.1) is 4.99 Å². The topological polar surface area (TPSA) is 72.2 Å². The van der Waals surface area contributed by atoms with Crippen LogP contribution in [0.3, 0.4) is 0 Å². The van der Waals surface area contributed by atoms with E-state index in [9.17, 15) is 17.2 Å². The van der Waals surface area contributed by atoms with Gasteiger partial charge in [0.1, 0.15) is 16.8 Å². The predicted octanol–water partition coefficient (Wildman–Crippen LogP) is 1.69. The van der Waals surface area contributed by atoms with Crippen molar-refractivity contribution in [2.75, 3.05) is 4.72 Å². The van der Waals surface area contributed by atoms with Crippen LogP contribution in [0.1, 0.15) is 12.5 Å². The first-order chi connectivity index (χ1) is 8.16. The zero-order chi connectivity index (χ0) is 14.1. The molecule has 0 spiro atoms. The molecule has 0 aliphatic carbocycles. The zero-order valence-electron chi connectivity index (χ0n) is 9.70. The maximum atomic E-state index is 13.6. The van der Waals surface area contributed by atoms with Gasteiger partial charge in [-0.3, -0.25) is 4.72 Å². The maximum Gasteiger partial charge on any atom is 0.242 e. The van der Waals surface area contributed by atoms with Gasteiger partial charge in [-0.05, 0) is 25.5 Å². The Bertz CT molecular complexity index is 588. The highest BCUT2D eigenvalue weighted by molar-refractivity contribution is 7.95. The smallest absolute Gasteiger partial charge is 0.242 e. The van der Waals surface area contributed by atoms with Crippen LogP contribution in [0.2, 0.25) is 0 Å². The SMILES string of the molecule is Cc1ccc(F)c(NS(=O)(=O)C(C)C(N)=S)c1F. The highest BCUT2D eigenvalue weighted by atomic mass is 32.2. The molecule has 0 saturated carbocycles. The predicted molar refractivity (Wildman–Crippen MR) is 69.9 cm³/mol. The fraction of sp³-hybridized carbons (Fsp3) is 0.300. The van der Waals surface area contributed by atoms with Gasteiger partial charge in [-0.2, -0.15) is 0 Å². The van der Waals surface area contributed by atoms with Crippen LogP contribution in [0.5, 0.6) is 0 Å². The van der Waals surface area contributed by atoms with Crippen LogP contribution < -0.4 is 10.5 Å². The Balaban J connectivity index is 3.20. The van der Waals surface area contributed by atoms with Gasteiger partial charge < -0.3 is 5.73 Å². The third-order valence-electron chi connectivity index (χ3n) is 2.39. The molecule has 18 heavy (non-hydrogen) atoms. The summed E-state index contributed by atoms with van der Waals surface area (Å²) in [5.74, 6) is -1.97. The molecule has 0 saturated heterocycles. The average Bonchev–Trinajstić information content (AvgIpc) is 2.28. The van der Waals surface area contributed by atoms with Crippen molar-refractivity contribution in [1.82, 2.24) is 0 Å². The van der Waals surface area contributed by atoms with Crippen molar-refractivity contribution >= 4 is 32.9 Å². The number of benzene rings is 1. The summed E-state index contributed by atoms with van der Waals surface area (Å²) in [5.41, 5.74) is 4.60. The van der Waals surface area contributed by atoms with Crippen LogP contribution in [0.25, 0.3) is 0 Å². The second-order valence-electron chi connectivity index (χ2n) is 3.74. The van der Waals surface area contributed by atoms with Gasteiger partial charge in [0.15, 0.2) is 5.82 Å². The normalized spacial score (nSPS) is 13.1. The Kier molecular flexibility index (Phi) is 4.23. The van der Waals surface area contributed by atoms with Crippen molar-refractivity contribution in [1.29, 1.82) is 0 Å². The molecule has 0 aromatic heterocycles. The molecule has 0 fully saturated rings. The fourth-order valence-corrected chi connectivity index (χ4v) is 2.47. The third-order valence-corrected chi connectivity index (χ3v) is 4.57. The van der Waals surface area contributed by atoms with Crippen LogP contribution in [-0.2, 0) is 10.0 Å². The van der Waals surface area contributed by atoms with E-state index in [0.717, 1.165) is 6.07 Å². The van der Waals surface area contributed by atoms with Crippen LogP contribution >= 0.6 is 12.2 Å². The maximum absolute atomic E-state index is 13.6. The lowest BCUT2D eigenvalue weighted by Crippen LogP contribution is -2.36. The van der Waals surface area contributed by atoms with Gasteiger partial charge in [0, 0.05) is 0 Å². The average molecular weight is 294 g/mol. The number of hydrogen-bond donors (Lipinski definition) is 2. The lowest BCUT2D eigenvalue weighted by molar-refractivity contribution is 0.578. The summed E-state index contributed by atoms with van der Waals surface area (Å²) < 4.78 is 52.3. The summed E-state index contributed by atoms with van der Waals surface area (Å²) in [6, 6.07) is 2.18. The standard InChI is InChI=1S/C10H12F2N2O2S2/c1-5-3-4-7(11)9(8(5)12)14-18(15,16)6(2)10(13)17/h3-4,6,14H,1-2H3,(H2,13,17). The van der Waals surface area contributed by atoms with E-state index < -0.39 is 32.6 Å². The molecule has 8 heteroatoms. The van der Waals surface area contributed by atoms with E-state index in [-0.39, 0.29) is 10.6 Å². The number of sulfonamides is 1. The van der Waals surface area contributed by atoms with Crippen molar-refractivity contribution in [2.45, 2.75) is 19.1 Å². The van der Waals surface area contributed by atoms with E-state index in [1.54, 1.807) is 0 Å². The van der Waals surface area contributed by atoms with E-state index in [2.05, 4.69) is 12.2 Å². The molecule has 0 aliphatic rings. The quantitative estimate of drug-likeness (QED) is 0.829. The minimum absolute atomic E-state index is 0.122. The fourth-order valence-electron chi connectivity index (χ4n) is 1.13. The molecule has 0 bridgehead atoms. The largest absolute Gasteiger partial charge is 0.392 e. The summed E-state index contributed by atoms with van der Waals surface area (Å²) in [6.07, 6.45) is 0. The van der Waals surface area contributed by atoms with Crippen molar-refractivity contribution in [3.63, 3.8) is 0 Å². The Morgan fingerprint density at radius 1 is 1.44 bits per heavy atom. The third kappa shape index (κ3) is 2.94. The van der Waals surface area contributed by atoms with Gasteiger partial charge >= 0.3 is 0 Å². The van der Waals surface area contributed by atoms with Gasteiger partial charge in [0.2, 0.25) is 10.0 Å². The lowest BCUT2D eigenvalue weighted by Gasteiger charge is -2.15. The number of rotatable bonds is 4. The molecule has 4 nitrogen and oxygen atoms in total. The number of aryl methyl sites for hydroxylation is 1. The van der Waals surface area contributed by atoms with E-state index in [1.165, 1.54) is 19.9 Å². The molecule has 0 heterocycles. The Morgan fingerprint density at radius 3 is 2.50 bits per heavy atom. The monoisotopic (exact) mass is 294 g/mol. The van der Waals surface area contributed by atoms with Crippen LogP contribution in [0.15, 0.2) is 12.1 Å². The second-order valence-corrected chi connectivity index (χ2v) is 6.22. The highest BCUT2D eigenvalue weighted by Gasteiger charge is 2.26. The summed E-state index contributed by atoms with van der Waals surface area (Å²) >= 11 is 4.55. The first kappa shape index (κ1) is 14.8. The molecule has 1 aromatic carbocycles. The van der Waals surface area contributed by atoms with Gasteiger partial charge in [-0.15, -0.1) is 0 Å². The van der Waals surface area contributed by atoms with E-state index in [1.807, 2.05) is 4.72 Å². The molecular formula is C10H12F2N2O2S2. The molecule has 0 amide bonds. The van der Waals surface area contributed by atoms with E-state index >= 15 is 0 Å². The van der Waals surface area contributed by atoms with E-state index in [4.69, 9.17) is 5.73 Å². The molecule has 1 aromatic rings. The molecular weight excluding hydrogens is 282 g/mol. The molecule has 1 rings (SSSR count). The van der Waals surface area contributed by atoms with E-state index in [0.29, 0.717) is 0 Å². The van der Waals surface area contributed by atoms with Gasteiger partial charge in [-0.25, -0.2) is 17.2 Å². The van der Waals surface area contributed by atoms with Crippen LogP contribution in [0, 0.1) is 18.6 Å². The Labute approximate surface area is 109 Å². The summed E-state index contributed by atoms with van der Waals surface area (Å²) in [4.78, 5) is -0.282. The number of halogens is 2. The van der Waals surface area contributed by atoms with Crippen LogP contribution in [-0.4, -0.2) is 18.7 Å². The number of nitrogens with two attached hydrogens (primary N) is 1. The first-order valence-corrected chi connectivity index (χ1v) is 6.88. The number of nitrogens with one attached hydrogen (secondary N) is 1. The molecule has 1 unspecified atom stereocenters. The summed E-state index contributed by atoms with van der Waals surface area (Å²) in [5, 5.41) is -1.23. The number of hydrogen-bond acceptors (Lipinski definition) is 3. The zero-order valence-corrected chi connectivity index (χ0v) is 11.3. The first-order valence-electron chi connectivity index (χ1n) is 4.92. The van der Waals surface area contributed by atoms with Gasteiger partial charge in [-0.1, -0.05) is 18.3 Å². The summed E-state index contributed by atoms with van der Waals surface area (Å²) in [7, 11) is -4.07. The van der Waals surface area contributed by atoms with Crippen molar-refractivity contribution < 1.29 is 17.2 Å². The molecule has 0 aliphatic heterocycles. The van der Waals surface area contributed by atoms with Crippen molar-refractivity contribution in [2.24, 2.45) is 5.73 Å². The minimum Gasteiger partial charge on any atom is -0.392 e. The molecule has 0 radical (unpaired) electrons. The Morgan fingerprint density at radius 2 is 2.00 bits per heavy atom. The molecule has 100 valence electrons. The minimum atomic E-state index is -4.07. The number of thiocarbonyl (C=S) groups is 1. The van der Waals surface area contributed by atoms with Crippen molar-refractivity contribution in [3.05, 3.63) is 29.3 Å².